The van der Waals surface area contributed by atoms with Crippen LogP contribution in [0.5, 0.6) is 0 Å². The van der Waals surface area contributed by atoms with Crippen molar-refractivity contribution in [2.75, 3.05) is 23.3 Å². The average Bonchev–Trinajstić information content (AvgIpc) is 3.38. The Hall–Kier alpha value is -3.82. The van der Waals surface area contributed by atoms with E-state index in [9.17, 15) is 22.8 Å². The van der Waals surface area contributed by atoms with Crippen molar-refractivity contribution in [2.45, 2.75) is 25.6 Å². The molecule has 178 valence electrons. The molecule has 2 amide bonds. The van der Waals surface area contributed by atoms with E-state index in [0.29, 0.717) is 25.1 Å². The number of hydrogen-bond donors (Lipinski definition) is 2. The fraction of sp³-hybridized carbons (Fsp3) is 0.292. The fourth-order valence-corrected chi connectivity index (χ4v) is 3.89. The Bertz CT molecular complexity index is 1130. The van der Waals surface area contributed by atoms with Crippen LogP contribution in [0, 0.1) is 5.92 Å². The number of aromatic nitrogens is 1. The van der Waals surface area contributed by atoms with Gasteiger partial charge in [0.25, 0.3) is 5.91 Å². The minimum absolute atomic E-state index is 0.139. The maximum Gasteiger partial charge on any atom is 0.419 e. The number of nitrogens with one attached hydrogen (secondary N) is 2. The first-order valence-electron chi connectivity index (χ1n) is 10.8. The summed E-state index contributed by atoms with van der Waals surface area (Å²) in [5, 5.41) is 5.57. The monoisotopic (exact) mass is 472 g/mol. The SMILES string of the molecule is O=C(Nc1ccc(CNC(=O)C2CCCN(c3ncccc3C(F)(F)F)C2)cc1)c1ccco1. The Morgan fingerprint density at radius 2 is 1.91 bits per heavy atom. The van der Waals surface area contributed by atoms with Gasteiger partial charge in [-0.3, -0.25) is 9.59 Å². The lowest BCUT2D eigenvalue weighted by Gasteiger charge is -2.34. The van der Waals surface area contributed by atoms with Crippen LogP contribution in [0.2, 0.25) is 0 Å². The predicted octanol–water partition coefficient (Wildman–Crippen LogP) is 4.48. The maximum atomic E-state index is 13.4. The first-order valence-corrected chi connectivity index (χ1v) is 10.8. The van der Waals surface area contributed by atoms with Crippen LogP contribution in [0.25, 0.3) is 0 Å². The van der Waals surface area contributed by atoms with Crippen LogP contribution in [-0.4, -0.2) is 29.9 Å². The summed E-state index contributed by atoms with van der Waals surface area (Å²) >= 11 is 0. The number of carbonyl (C=O) groups is 2. The summed E-state index contributed by atoms with van der Waals surface area (Å²) in [7, 11) is 0. The third kappa shape index (κ3) is 5.56. The molecule has 0 aliphatic carbocycles. The molecular weight excluding hydrogens is 449 g/mol. The number of piperidine rings is 1. The van der Waals surface area contributed by atoms with E-state index >= 15 is 0 Å². The summed E-state index contributed by atoms with van der Waals surface area (Å²) in [5.41, 5.74) is 0.603. The molecule has 4 rings (SSSR count). The number of amides is 2. The summed E-state index contributed by atoms with van der Waals surface area (Å²) in [6, 6.07) is 12.4. The molecule has 7 nitrogen and oxygen atoms in total. The predicted molar refractivity (Wildman–Crippen MR) is 119 cm³/mol. The zero-order chi connectivity index (χ0) is 24.1. The molecule has 1 aromatic carbocycles. The molecule has 1 unspecified atom stereocenters. The van der Waals surface area contributed by atoms with E-state index in [0.717, 1.165) is 11.6 Å². The average molecular weight is 472 g/mol. The Kier molecular flexibility index (Phi) is 6.85. The van der Waals surface area contributed by atoms with Gasteiger partial charge in [-0.1, -0.05) is 12.1 Å². The first kappa shape index (κ1) is 23.3. The van der Waals surface area contributed by atoms with Gasteiger partial charge in [-0.2, -0.15) is 13.2 Å². The van der Waals surface area contributed by atoms with Crippen LogP contribution in [0.4, 0.5) is 24.7 Å². The molecule has 3 aromatic rings. The highest BCUT2D eigenvalue weighted by Crippen LogP contribution is 2.36. The van der Waals surface area contributed by atoms with E-state index in [2.05, 4.69) is 15.6 Å². The highest BCUT2D eigenvalue weighted by molar-refractivity contribution is 6.02. The molecular formula is C24H23F3N4O3. The summed E-state index contributed by atoms with van der Waals surface area (Å²) in [6.45, 7) is 0.845. The molecule has 1 saturated heterocycles. The van der Waals surface area contributed by atoms with Gasteiger partial charge in [0, 0.05) is 31.5 Å². The second kappa shape index (κ2) is 9.98. The van der Waals surface area contributed by atoms with E-state index < -0.39 is 17.7 Å². The van der Waals surface area contributed by atoms with Gasteiger partial charge in [0.2, 0.25) is 5.91 Å². The van der Waals surface area contributed by atoms with Gasteiger partial charge >= 0.3 is 6.18 Å². The van der Waals surface area contributed by atoms with Gasteiger partial charge in [-0.05, 0) is 54.8 Å². The van der Waals surface area contributed by atoms with Crippen LogP contribution < -0.4 is 15.5 Å². The maximum absolute atomic E-state index is 13.4. The smallest absolute Gasteiger partial charge is 0.419 e. The van der Waals surface area contributed by atoms with Gasteiger partial charge in [0.15, 0.2) is 5.76 Å². The number of pyridine rings is 1. The van der Waals surface area contributed by atoms with Crippen molar-refractivity contribution in [3.63, 3.8) is 0 Å². The second-order valence-corrected chi connectivity index (χ2v) is 8.00. The molecule has 3 heterocycles. The van der Waals surface area contributed by atoms with Crippen molar-refractivity contribution in [1.82, 2.24) is 10.3 Å². The zero-order valence-electron chi connectivity index (χ0n) is 18.1. The van der Waals surface area contributed by atoms with Crippen molar-refractivity contribution in [1.29, 1.82) is 0 Å². The number of carbonyl (C=O) groups excluding carboxylic acids is 2. The standard InChI is InChI=1S/C24H23F3N4O3/c25-24(26,27)19-5-1-11-28-21(19)31-12-2-4-17(15-31)22(32)29-14-16-7-9-18(10-8-16)30-23(33)20-6-3-13-34-20/h1,3,5-11,13,17H,2,4,12,14-15H2,(H,29,32)(H,30,33). The number of furan rings is 1. The van der Waals surface area contributed by atoms with Crippen molar-refractivity contribution < 1.29 is 27.2 Å². The highest BCUT2D eigenvalue weighted by atomic mass is 19.4. The third-order valence-electron chi connectivity index (χ3n) is 5.61. The summed E-state index contributed by atoms with van der Waals surface area (Å²) in [5.74, 6) is -0.965. The van der Waals surface area contributed by atoms with E-state index in [1.54, 1.807) is 36.4 Å². The Labute approximate surface area is 194 Å². The van der Waals surface area contributed by atoms with Crippen molar-refractivity contribution in [3.8, 4) is 0 Å². The minimum Gasteiger partial charge on any atom is -0.459 e. The zero-order valence-corrected chi connectivity index (χ0v) is 18.1. The van der Waals surface area contributed by atoms with Crippen molar-refractivity contribution in [2.24, 2.45) is 5.92 Å². The number of halogens is 3. The summed E-state index contributed by atoms with van der Waals surface area (Å²) in [6.07, 6.45) is -0.584. The molecule has 0 spiro atoms. The number of rotatable bonds is 6. The molecule has 1 aliphatic rings. The van der Waals surface area contributed by atoms with Gasteiger partial charge in [0.05, 0.1) is 17.7 Å². The molecule has 0 saturated carbocycles. The van der Waals surface area contributed by atoms with Crippen molar-refractivity contribution >= 4 is 23.3 Å². The molecule has 1 atom stereocenters. The summed E-state index contributed by atoms with van der Waals surface area (Å²) < 4.78 is 45.1. The molecule has 1 aliphatic heterocycles. The quantitative estimate of drug-likeness (QED) is 0.553. The minimum atomic E-state index is -4.51. The molecule has 10 heteroatoms. The lowest BCUT2D eigenvalue weighted by Crippen LogP contribution is -2.43. The lowest BCUT2D eigenvalue weighted by atomic mass is 9.96. The Morgan fingerprint density at radius 3 is 2.62 bits per heavy atom. The number of benzene rings is 1. The lowest BCUT2D eigenvalue weighted by molar-refractivity contribution is -0.137. The van der Waals surface area contributed by atoms with E-state index in [-0.39, 0.29) is 36.5 Å². The van der Waals surface area contributed by atoms with Gasteiger partial charge in [-0.15, -0.1) is 0 Å². The summed E-state index contributed by atoms with van der Waals surface area (Å²) in [4.78, 5) is 30.2. The van der Waals surface area contributed by atoms with E-state index in [1.807, 2.05) is 0 Å². The van der Waals surface area contributed by atoms with E-state index in [4.69, 9.17) is 4.42 Å². The highest BCUT2D eigenvalue weighted by Gasteiger charge is 2.37. The van der Waals surface area contributed by atoms with Crippen LogP contribution in [0.3, 0.4) is 0 Å². The second-order valence-electron chi connectivity index (χ2n) is 8.00. The van der Waals surface area contributed by atoms with Crippen LogP contribution in [-0.2, 0) is 17.5 Å². The Balaban J connectivity index is 1.32. The molecule has 2 aromatic heterocycles. The molecule has 0 radical (unpaired) electrons. The van der Waals surface area contributed by atoms with Gasteiger partial charge < -0.3 is 20.0 Å². The molecule has 2 N–H and O–H groups in total. The topological polar surface area (TPSA) is 87.5 Å². The molecule has 1 fully saturated rings. The Morgan fingerprint density at radius 1 is 1.12 bits per heavy atom. The molecule has 34 heavy (non-hydrogen) atoms. The van der Waals surface area contributed by atoms with E-state index in [1.165, 1.54) is 23.4 Å². The number of nitrogens with zero attached hydrogens (tertiary/aromatic N) is 2. The van der Waals surface area contributed by atoms with Gasteiger partial charge in [0.1, 0.15) is 5.82 Å². The number of anilines is 2. The largest absolute Gasteiger partial charge is 0.459 e. The normalized spacial score (nSPS) is 16.2. The fourth-order valence-electron chi connectivity index (χ4n) is 3.89. The third-order valence-corrected chi connectivity index (χ3v) is 5.61. The van der Waals surface area contributed by atoms with Crippen molar-refractivity contribution in [3.05, 3.63) is 77.9 Å². The van der Waals surface area contributed by atoms with Gasteiger partial charge in [-0.25, -0.2) is 4.98 Å². The van der Waals surface area contributed by atoms with Crippen LogP contribution in [0.15, 0.2) is 65.4 Å². The molecule has 0 bridgehead atoms. The van der Waals surface area contributed by atoms with Crippen LogP contribution in [0.1, 0.15) is 34.5 Å². The number of hydrogen-bond acceptors (Lipinski definition) is 5. The van der Waals surface area contributed by atoms with Crippen LogP contribution >= 0.6 is 0 Å². The first-order chi connectivity index (χ1) is 16.3. The number of alkyl halides is 3.